The molecule has 0 aliphatic heterocycles. The maximum Gasteiger partial charge on any atom is 0.234 e. The molecule has 3 aromatic rings. The number of carbonyl (C=O) groups is 2. The van der Waals surface area contributed by atoms with E-state index in [9.17, 15) is 9.59 Å². The summed E-state index contributed by atoms with van der Waals surface area (Å²) < 4.78 is 5.82. The van der Waals surface area contributed by atoms with Gasteiger partial charge in [-0.1, -0.05) is 23.1 Å². The summed E-state index contributed by atoms with van der Waals surface area (Å²) in [5.74, 6) is 0.830. The third kappa shape index (κ3) is 5.54. The fourth-order valence-electron chi connectivity index (χ4n) is 2.23. The summed E-state index contributed by atoms with van der Waals surface area (Å²) in [7, 11) is 1.62. The second kappa shape index (κ2) is 9.34. The minimum absolute atomic E-state index is 0.0104. The summed E-state index contributed by atoms with van der Waals surface area (Å²) in [6.07, 6.45) is 0. The van der Waals surface area contributed by atoms with Crippen molar-refractivity contribution in [2.75, 3.05) is 23.5 Å². The number of nitrogens with one attached hydrogen (secondary N) is 2. The molecule has 0 unspecified atom stereocenters. The third-order valence-corrected chi connectivity index (χ3v) is 5.62. The van der Waals surface area contributed by atoms with Crippen molar-refractivity contribution >= 4 is 51.3 Å². The van der Waals surface area contributed by atoms with E-state index in [0.29, 0.717) is 20.7 Å². The first-order valence-corrected chi connectivity index (χ1v) is 10.1. The number of nitrogens with zero attached hydrogens (tertiary/aromatic N) is 2. The van der Waals surface area contributed by atoms with Gasteiger partial charge in [0, 0.05) is 16.9 Å². The van der Waals surface area contributed by atoms with E-state index in [1.165, 1.54) is 30.0 Å². The standard InChI is InChI=1S/C19H18N4O3S2/c1-12(24)13-3-5-14(6-4-13)20-17(25)11-27-19-23-22-18(28-19)21-15-7-9-16(26-2)10-8-15/h3-10H,11H2,1-2H3,(H,20,25)(H,21,22). The van der Waals surface area contributed by atoms with Gasteiger partial charge in [-0.3, -0.25) is 9.59 Å². The van der Waals surface area contributed by atoms with Crippen LogP contribution < -0.4 is 15.4 Å². The van der Waals surface area contributed by atoms with E-state index in [2.05, 4.69) is 20.8 Å². The van der Waals surface area contributed by atoms with Crippen molar-refractivity contribution in [3.05, 3.63) is 54.1 Å². The molecule has 0 radical (unpaired) electrons. The number of benzene rings is 2. The molecule has 1 aromatic heterocycles. The van der Waals surface area contributed by atoms with Crippen molar-refractivity contribution in [3.63, 3.8) is 0 Å². The number of thioether (sulfide) groups is 1. The van der Waals surface area contributed by atoms with Crippen molar-refractivity contribution < 1.29 is 14.3 Å². The Bertz CT molecular complexity index is 956. The van der Waals surface area contributed by atoms with Gasteiger partial charge in [0.25, 0.3) is 0 Å². The van der Waals surface area contributed by atoms with Gasteiger partial charge in [0.05, 0.1) is 12.9 Å². The summed E-state index contributed by atoms with van der Waals surface area (Å²) in [6.45, 7) is 1.50. The predicted molar refractivity (Wildman–Crippen MR) is 112 cm³/mol. The fraction of sp³-hybridized carbons (Fsp3) is 0.158. The molecule has 0 atom stereocenters. The summed E-state index contributed by atoms with van der Waals surface area (Å²) in [5, 5.41) is 14.8. The number of Topliss-reactive ketones (excluding diaryl/α,β-unsaturated/α-hetero) is 1. The van der Waals surface area contributed by atoms with E-state index in [1.807, 2.05) is 24.3 Å². The zero-order valence-electron chi connectivity index (χ0n) is 15.3. The molecule has 0 saturated carbocycles. The topological polar surface area (TPSA) is 93.2 Å². The summed E-state index contributed by atoms with van der Waals surface area (Å²) in [4.78, 5) is 23.4. The molecule has 7 nitrogen and oxygen atoms in total. The summed E-state index contributed by atoms with van der Waals surface area (Å²) in [5.41, 5.74) is 2.13. The minimum atomic E-state index is -0.152. The molecule has 28 heavy (non-hydrogen) atoms. The Hall–Kier alpha value is -2.91. The van der Waals surface area contributed by atoms with Crippen LogP contribution in [0.15, 0.2) is 52.9 Å². The Morgan fingerprint density at radius 1 is 1.04 bits per heavy atom. The Morgan fingerprint density at radius 3 is 2.36 bits per heavy atom. The van der Waals surface area contributed by atoms with Gasteiger partial charge in [-0.05, 0) is 55.5 Å². The second-order valence-corrected chi connectivity index (χ2v) is 7.90. The van der Waals surface area contributed by atoms with Gasteiger partial charge in [0.15, 0.2) is 10.1 Å². The maximum atomic E-state index is 12.1. The Morgan fingerprint density at radius 2 is 1.71 bits per heavy atom. The molecule has 9 heteroatoms. The average molecular weight is 415 g/mol. The van der Waals surface area contributed by atoms with E-state index < -0.39 is 0 Å². The fourth-order valence-corrected chi connectivity index (χ4v) is 3.80. The molecule has 1 amide bonds. The summed E-state index contributed by atoms with van der Waals surface area (Å²) >= 11 is 2.68. The number of ether oxygens (including phenoxy) is 1. The van der Waals surface area contributed by atoms with Crippen LogP contribution in [-0.2, 0) is 4.79 Å². The molecule has 2 aromatic carbocycles. The Labute approximate surface area is 170 Å². The van der Waals surface area contributed by atoms with Crippen LogP contribution in [0.1, 0.15) is 17.3 Å². The lowest BCUT2D eigenvalue weighted by molar-refractivity contribution is -0.113. The number of rotatable bonds is 8. The highest BCUT2D eigenvalue weighted by atomic mass is 32.2. The molecule has 1 heterocycles. The number of aromatic nitrogens is 2. The quantitative estimate of drug-likeness (QED) is 0.421. The average Bonchev–Trinajstić information content (AvgIpc) is 3.15. The van der Waals surface area contributed by atoms with E-state index in [1.54, 1.807) is 31.4 Å². The highest BCUT2D eigenvalue weighted by molar-refractivity contribution is 8.01. The van der Waals surface area contributed by atoms with Crippen molar-refractivity contribution in [2.45, 2.75) is 11.3 Å². The zero-order chi connectivity index (χ0) is 19.9. The minimum Gasteiger partial charge on any atom is -0.497 e. The third-order valence-electron chi connectivity index (χ3n) is 3.65. The zero-order valence-corrected chi connectivity index (χ0v) is 16.9. The monoisotopic (exact) mass is 414 g/mol. The molecule has 0 fully saturated rings. The normalized spacial score (nSPS) is 10.4. The molecule has 0 spiro atoms. The first kappa shape index (κ1) is 19.8. The van der Waals surface area contributed by atoms with Crippen LogP contribution >= 0.6 is 23.1 Å². The Kier molecular flexibility index (Phi) is 6.62. The van der Waals surface area contributed by atoms with Crippen molar-refractivity contribution in [1.29, 1.82) is 0 Å². The van der Waals surface area contributed by atoms with E-state index >= 15 is 0 Å². The predicted octanol–water partition coefficient (Wildman–Crippen LogP) is 4.22. The largest absolute Gasteiger partial charge is 0.497 e. The van der Waals surface area contributed by atoms with Crippen LogP contribution in [0.3, 0.4) is 0 Å². The van der Waals surface area contributed by atoms with Crippen LogP contribution in [0.5, 0.6) is 5.75 Å². The smallest absolute Gasteiger partial charge is 0.234 e. The van der Waals surface area contributed by atoms with Gasteiger partial charge >= 0.3 is 0 Å². The van der Waals surface area contributed by atoms with Gasteiger partial charge in [0.1, 0.15) is 5.75 Å². The number of anilines is 3. The number of carbonyl (C=O) groups excluding carboxylic acids is 2. The molecule has 144 valence electrons. The van der Waals surface area contributed by atoms with E-state index in [0.717, 1.165) is 11.4 Å². The highest BCUT2D eigenvalue weighted by Crippen LogP contribution is 2.28. The van der Waals surface area contributed by atoms with Crippen molar-refractivity contribution in [3.8, 4) is 5.75 Å². The molecule has 3 rings (SSSR count). The first-order chi connectivity index (χ1) is 13.5. The van der Waals surface area contributed by atoms with Gasteiger partial charge in [0.2, 0.25) is 11.0 Å². The summed E-state index contributed by atoms with van der Waals surface area (Å²) in [6, 6.07) is 14.3. The van der Waals surface area contributed by atoms with Gasteiger partial charge in [-0.2, -0.15) is 0 Å². The van der Waals surface area contributed by atoms with Gasteiger partial charge in [-0.25, -0.2) is 0 Å². The van der Waals surface area contributed by atoms with Gasteiger partial charge in [-0.15, -0.1) is 10.2 Å². The number of ketones is 1. The SMILES string of the molecule is COc1ccc(Nc2nnc(SCC(=O)Nc3ccc(C(C)=O)cc3)s2)cc1. The maximum absolute atomic E-state index is 12.1. The molecule has 0 bridgehead atoms. The molecule has 0 saturated heterocycles. The van der Waals surface area contributed by atoms with Crippen molar-refractivity contribution in [1.82, 2.24) is 10.2 Å². The number of methoxy groups -OCH3 is 1. The molecular formula is C19H18N4O3S2. The number of hydrogen-bond donors (Lipinski definition) is 2. The van der Waals surface area contributed by atoms with Crippen LogP contribution in [0, 0.1) is 0 Å². The number of hydrogen-bond acceptors (Lipinski definition) is 8. The van der Waals surface area contributed by atoms with E-state index in [4.69, 9.17) is 4.74 Å². The molecular weight excluding hydrogens is 396 g/mol. The highest BCUT2D eigenvalue weighted by Gasteiger charge is 2.09. The van der Waals surface area contributed by atoms with Crippen LogP contribution in [0.2, 0.25) is 0 Å². The molecule has 2 N–H and O–H groups in total. The lowest BCUT2D eigenvalue weighted by atomic mass is 10.1. The van der Waals surface area contributed by atoms with Crippen LogP contribution in [0.4, 0.5) is 16.5 Å². The first-order valence-electron chi connectivity index (χ1n) is 8.32. The second-order valence-electron chi connectivity index (χ2n) is 5.70. The van der Waals surface area contributed by atoms with Crippen LogP contribution in [-0.4, -0.2) is 34.8 Å². The lowest BCUT2D eigenvalue weighted by Gasteiger charge is -2.04. The molecule has 0 aliphatic rings. The van der Waals surface area contributed by atoms with Crippen molar-refractivity contribution in [2.24, 2.45) is 0 Å². The number of amides is 1. The Balaban J connectivity index is 1.49. The molecule has 0 aliphatic carbocycles. The van der Waals surface area contributed by atoms with Gasteiger partial charge < -0.3 is 15.4 Å². The van der Waals surface area contributed by atoms with E-state index in [-0.39, 0.29) is 17.4 Å². The lowest BCUT2D eigenvalue weighted by Crippen LogP contribution is -2.14. The van der Waals surface area contributed by atoms with Crippen LogP contribution in [0.25, 0.3) is 0 Å².